The molecule has 0 rings (SSSR count). The van der Waals surface area contributed by atoms with Gasteiger partial charge in [-0.25, -0.2) is 0 Å². The Balaban J connectivity index is -0.000000297. The third-order valence-corrected chi connectivity index (χ3v) is 1.99. The minimum atomic E-state index is -0.833. The van der Waals surface area contributed by atoms with Crippen LogP contribution in [-0.4, -0.2) is 33.2 Å². The zero-order valence-electron chi connectivity index (χ0n) is 12.7. The van der Waals surface area contributed by atoms with E-state index >= 15 is 0 Å². The van der Waals surface area contributed by atoms with Crippen LogP contribution in [0, 0.1) is 0 Å². The Kier molecular flexibility index (Phi) is 23.2. The van der Waals surface area contributed by atoms with Gasteiger partial charge in [0, 0.05) is 20.3 Å². The van der Waals surface area contributed by atoms with Crippen LogP contribution >= 0.6 is 0 Å². The molecule has 0 atom stereocenters. The van der Waals surface area contributed by atoms with Gasteiger partial charge in [0.15, 0.2) is 0 Å². The molecule has 0 aliphatic rings. The molecule has 0 saturated heterocycles. The predicted octanol–water partition coefficient (Wildman–Crippen LogP) is 3.39. The zero-order valence-corrected chi connectivity index (χ0v) is 12.7. The molecular formula is C14H28O6. The highest BCUT2D eigenvalue weighted by molar-refractivity contribution is 5.66. The fraction of sp³-hybridized carbons (Fsp3) is 0.786. The second-order valence-corrected chi connectivity index (χ2v) is 4.30. The van der Waals surface area contributed by atoms with Crippen LogP contribution in [0.4, 0.5) is 0 Å². The molecule has 120 valence electrons. The lowest BCUT2D eigenvalue weighted by molar-refractivity contribution is -0.137. The summed E-state index contributed by atoms with van der Waals surface area (Å²) in [6.45, 7) is 4.37. The Morgan fingerprint density at radius 1 is 0.700 bits per heavy atom. The molecule has 0 radical (unpaired) electrons. The number of carbonyl (C=O) groups is 3. The molecule has 0 bridgehead atoms. The molecule has 3 N–H and O–H groups in total. The number of hydrogen-bond acceptors (Lipinski definition) is 3. The summed E-state index contributed by atoms with van der Waals surface area (Å²) < 4.78 is 0. The highest BCUT2D eigenvalue weighted by atomic mass is 16.4. The summed E-state index contributed by atoms with van der Waals surface area (Å²) in [5.41, 5.74) is 0. The molecule has 0 unspecified atom stereocenters. The average Bonchev–Trinajstić information content (AvgIpc) is 2.26. The van der Waals surface area contributed by atoms with E-state index in [9.17, 15) is 4.79 Å². The van der Waals surface area contributed by atoms with Gasteiger partial charge in [0.25, 0.3) is 11.9 Å². The van der Waals surface area contributed by atoms with Crippen LogP contribution in [0.5, 0.6) is 0 Å². The van der Waals surface area contributed by atoms with Gasteiger partial charge in [-0.3, -0.25) is 14.4 Å². The van der Waals surface area contributed by atoms with Gasteiger partial charge in [0.2, 0.25) is 0 Å². The van der Waals surface area contributed by atoms with E-state index in [2.05, 4.69) is 6.92 Å². The molecular weight excluding hydrogens is 264 g/mol. The van der Waals surface area contributed by atoms with Crippen molar-refractivity contribution in [2.75, 3.05) is 0 Å². The number of hydrogen-bond donors (Lipinski definition) is 3. The van der Waals surface area contributed by atoms with Gasteiger partial charge in [-0.1, -0.05) is 45.4 Å². The van der Waals surface area contributed by atoms with E-state index in [0.29, 0.717) is 6.42 Å². The molecule has 0 fully saturated rings. The van der Waals surface area contributed by atoms with Crippen LogP contribution in [0.2, 0.25) is 0 Å². The van der Waals surface area contributed by atoms with Crippen molar-refractivity contribution < 1.29 is 29.7 Å². The smallest absolute Gasteiger partial charge is 0.303 e. The monoisotopic (exact) mass is 292 g/mol. The van der Waals surface area contributed by atoms with Crippen molar-refractivity contribution in [3.8, 4) is 0 Å². The molecule has 20 heavy (non-hydrogen) atoms. The van der Waals surface area contributed by atoms with Crippen molar-refractivity contribution >= 4 is 17.9 Å². The Bertz CT molecular complexity index is 230. The Hall–Kier alpha value is -1.59. The summed E-state index contributed by atoms with van der Waals surface area (Å²) in [5.74, 6) is -2.33. The number of carboxylic acid groups (broad SMARTS) is 3. The van der Waals surface area contributed by atoms with Crippen LogP contribution in [0.1, 0.15) is 72.1 Å². The quantitative estimate of drug-likeness (QED) is 0.591. The van der Waals surface area contributed by atoms with E-state index in [1.165, 1.54) is 32.1 Å². The molecule has 0 amide bonds. The molecule has 0 spiro atoms. The maximum absolute atomic E-state index is 10.1. The van der Waals surface area contributed by atoms with Crippen LogP contribution < -0.4 is 0 Å². The first kappa shape index (κ1) is 23.5. The first-order valence-electron chi connectivity index (χ1n) is 6.84. The second-order valence-electron chi connectivity index (χ2n) is 4.30. The number of carboxylic acids is 3. The summed E-state index contributed by atoms with van der Waals surface area (Å²) >= 11 is 0. The summed E-state index contributed by atoms with van der Waals surface area (Å²) in [6.07, 6.45) is 8.64. The summed E-state index contributed by atoms with van der Waals surface area (Å²) in [4.78, 5) is 28.1. The van der Waals surface area contributed by atoms with Gasteiger partial charge in [0.1, 0.15) is 0 Å². The molecule has 0 saturated carbocycles. The third-order valence-electron chi connectivity index (χ3n) is 1.99. The first-order chi connectivity index (χ1) is 9.23. The third kappa shape index (κ3) is 71.0. The average molecular weight is 292 g/mol. The van der Waals surface area contributed by atoms with E-state index in [1.807, 2.05) is 0 Å². The molecule has 0 heterocycles. The largest absolute Gasteiger partial charge is 0.481 e. The fourth-order valence-electron chi connectivity index (χ4n) is 1.23. The van der Waals surface area contributed by atoms with Crippen LogP contribution in [0.15, 0.2) is 0 Å². The van der Waals surface area contributed by atoms with Crippen molar-refractivity contribution in [1.82, 2.24) is 0 Å². The Morgan fingerprint density at radius 3 is 1.30 bits per heavy atom. The maximum Gasteiger partial charge on any atom is 0.303 e. The van der Waals surface area contributed by atoms with Crippen molar-refractivity contribution in [3.05, 3.63) is 0 Å². The van der Waals surface area contributed by atoms with E-state index in [0.717, 1.165) is 26.7 Å². The van der Waals surface area contributed by atoms with Crippen LogP contribution in [-0.2, 0) is 14.4 Å². The van der Waals surface area contributed by atoms with Gasteiger partial charge >= 0.3 is 5.97 Å². The summed E-state index contributed by atoms with van der Waals surface area (Å²) in [6, 6.07) is 0. The molecule has 0 aliphatic heterocycles. The van der Waals surface area contributed by atoms with E-state index < -0.39 is 17.9 Å². The van der Waals surface area contributed by atoms with Crippen LogP contribution in [0.3, 0.4) is 0 Å². The maximum atomic E-state index is 10.1. The van der Waals surface area contributed by atoms with Crippen molar-refractivity contribution in [2.45, 2.75) is 72.1 Å². The lowest BCUT2D eigenvalue weighted by Crippen LogP contribution is -1.93. The highest BCUT2D eigenvalue weighted by Crippen LogP contribution is 2.07. The fourth-order valence-corrected chi connectivity index (χ4v) is 1.23. The van der Waals surface area contributed by atoms with Crippen LogP contribution in [0.25, 0.3) is 0 Å². The lowest BCUT2D eigenvalue weighted by Gasteiger charge is -1.98. The van der Waals surface area contributed by atoms with Crippen molar-refractivity contribution in [1.29, 1.82) is 0 Å². The minimum Gasteiger partial charge on any atom is -0.481 e. The highest BCUT2D eigenvalue weighted by Gasteiger charge is 1.95. The van der Waals surface area contributed by atoms with Gasteiger partial charge in [0.05, 0.1) is 0 Å². The standard InChI is InChI=1S/C10H20O2.2C2H4O2/c1-2-3-4-5-6-7-8-9-10(11)12;2*1-2(3)4/h2-9H2,1H3,(H,11,12);2*1H3,(H,3,4). The number of rotatable bonds is 8. The van der Waals surface area contributed by atoms with Gasteiger partial charge in [-0.2, -0.15) is 0 Å². The van der Waals surface area contributed by atoms with E-state index in [-0.39, 0.29) is 0 Å². The molecule has 0 aromatic carbocycles. The molecule has 0 aromatic heterocycles. The SMILES string of the molecule is CC(=O)O.CC(=O)O.CCCCCCCCCC(=O)O. The molecule has 6 nitrogen and oxygen atoms in total. The Labute approximate surface area is 120 Å². The van der Waals surface area contributed by atoms with E-state index in [1.54, 1.807) is 0 Å². The molecule has 6 heteroatoms. The second kappa shape index (κ2) is 19.7. The molecule has 0 aliphatic carbocycles. The molecule has 0 aromatic rings. The number of unbranched alkanes of at least 4 members (excludes halogenated alkanes) is 6. The minimum absolute atomic E-state index is 0.341. The van der Waals surface area contributed by atoms with Gasteiger partial charge in [-0.05, 0) is 6.42 Å². The summed E-state index contributed by atoms with van der Waals surface area (Å²) in [7, 11) is 0. The lowest BCUT2D eigenvalue weighted by atomic mass is 10.1. The van der Waals surface area contributed by atoms with Crippen molar-refractivity contribution in [3.63, 3.8) is 0 Å². The van der Waals surface area contributed by atoms with Gasteiger partial charge in [-0.15, -0.1) is 0 Å². The van der Waals surface area contributed by atoms with Crippen molar-refractivity contribution in [2.24, 2.45) is 0 Å². The summed E-state index contributed by atoms with van der Waals surface area (Å²) in [5, 5.41) is 23.2. The predicted molar refractivity (Wildman–Crippen MR) is 76.9 cm³/mol. The zero-order chi connectivity index (χ0) is 16.4. The topological polar surface area (TPSA) is 112 Å². The normalized spacial score (nSPS) is 8.55. The van der Waals surface area contributed by atoms with Gasteiger partial charge < -0.3 is 15.3 Å². The first-order valence-corrected chi connectivity index (χ1v) is 6.84. The Morgan fingerprint density at radius 2 is 1.00 bits per heavy atom. The van der Waals surface area contributed by atoms with E-state index in [4.69, 9.17) is 24.9 Å². The number of aliphatic carboxylic acids is 3.